The second-order valence-electron chi connectivity index (χ2n) is 6.45. The zero-order valence-electron chi connectivity index (χ0n) is 13.0. The van der Waals surface area contributed by atoms with Crippen LogP contribution in [0.1, 0.15) is 54.5 Å². The lowest BCUT2D eigenvalue weighted by Gasteiger charge is -2.22. The van der Waals surface area contributed by atoms with Crippen LogP contribution in [0.15, 0.2) is 0 Å². The van der Waals surface area contributed by atoms with Gasteiger partial charge in [-0.25, -0.2) is 0 Å². The molecule has 1 aromatic heterocycles. The summed E-state index contributed by atoms with van der Waals surface area (Å²) in [5, 5.41) is 7.66. The number of amides is 1. The van der Waals surface area contributed by atoms with Gasteiger partial charge in [0.1, 0.15) is 0 Å². The van der Waals surface area contributed by atoms with Crippen LogP contribution in [0.2, 0.25) is 0 Å². The molecular weight excluding hydrogens is 280 g/mol. The molecule has 3 rings (SSSR count). The molecule has 0 unspecified atom stereocenters. The molecule has 1 aliphatic heterocycles. The number of rotatable bonds is 4. The van der Waals surface area contributed by atoms with Gasteiger partial charge in [-0.3, -0.25) is 4.79 Å². The fourth-order valence-electron chi connectivity index (χ4n) is 3.54. The van der Waals surface area contributed by atoms with E-state index in [0.29, 0.717) is 6.42 Å². The van der Waals surface area contributed by atoms with Crippen molar-refractivity contribution >= 4 is 22.2 Å². The third-order valence-corrected chi connectivity index (χ3v) is 6.24. The number of carbonyl (C=O) groups excluding carboxylic acids is 1. The van der Waals surface area contributed by atoms with Crippen molar-refractivity contribution in [2.75, 3.05) is 18.4 Å². The minimum Gasteiger partial charge on any atom is -0.317 e. The molecule has 0 atom stereocenters. The highest BCUT2D eigenvalue weighted by Crippen LogP contribution is 2.37. The van der Waals surface area contributed by atoms with Gasteiger partial charge in [-0.1, -0.05) is 0 Å². The predicted octanol–water partition coefficient (Wildman–Crippen LogP) is 3.65. The Morgan fingerprint density at radius 1 is 1.29 bits per heavy atom. The van der Waals surface area contributed by atoms with Crippen molar-refractivity contribution in [3.05, 3.63) is 16.0 Å². The molecule has 21 heavy (non-hydrogen) atoms. The minimum absolute atomic E-state index is 0.204. The number of thiophene rings is 1. The van der Waals surface area contributed by atoms with Crippen LogP contribution in [-0.2, 0) is 17.6 Å². The molecule has 0 saturated carbocycles. The maximum absolute atomic E-state index is 12.2. The summed E-state index contributed by atoms with van der Waals surface area (Å²) in [5.74, 6) is 0.935. The lowest BCUT2D eigenvalue weighted by atomic mass is 9.93. The maximum Gasteiger partial charge on any atom is 0.224 e. The maximum atomic E-state index is 12.2. The molecule has 4 heteroatoms. The molecule has 0 aromatic carbocycles. The first kappa shape index (κ1) is 15.0. The van der Waals surface area contributed by atoms with E-state index in [0.717, 1.165) is 30.4 Å². The fourth-order valence-corrected chi connectivity index (χ4v) is 4.85. The molecular formula is C17H26N2OS. The Kier molecular flexibility index (Phi) is 4.96. The fraction of sp³-hybridized carbons (Fsp3) is 0.706. The number of nitrogens with one attached hydrogen (secondary N) is 2. The van der Waals surface area contributed by atoms with Crippen LogP contribution in [0, 0.1) is 12.8 Å². The first-order valence-corrected chi connectivity index (χ1v) is 9.17. The number of aryl methyl sites for hydroxylation is 1. The van der Waals surface area contributed by atoms with Crippen LogP contribution < -0.4 is 10.6 Å². The first-order valence-electron chi connectivity index (χ1n) is 8.35. The van der Waals surface area contributed by atoms with E-state index < -0.39 is 0 Å². The molecule has 0 bridgehead atoms. The van der Waals surface area contributed by atoms with Gasteiger partial charge in [-0.2, -0.15) is 0 Å². The van der Waals surface area contributed by atoms with Gasteiger partial charge in [0.25, 0.3) is 0 Å². The standard InChI is InChI=1S/C17H26N2OS/c1-12-14-4-2-3-5-15(14)21-17(12)19-16(20)7-6-13-8-10-18-11-9-13/h13,18H,2-11H2,1H3,(H,19,20). The summed E-state index contributed by atoms with van der Waals surface area (Å²) in [5.41, 5.74) is 2.84. The predicted molar refractivity (Wildman–Crippen MR) is 89.2 cm³/mol. The van der Waals surface area contributed by atoms with Crippen LogP contribution in [0.4, 0.5) is 5.00 Å². The Morgan fingerprint density at radius 2 is 2.05 bits per heavy atom. The van der Waals surface area contributed by atoms with Crippen molar-refractivity contribution in [1.29, 1.82) is 0 Å². The molecule has 0 radical (unpaired) electrons. The Labute approximate surface area is 131 Å². The molecule has 2 N–H and O–H groups in total. The Bertz CT molecular complexity index is 503. The molecule has 1 aliphatic carbocycles. The van der Waals surface area contributed by atoms with Gasteiger partial charge in [0, 0.05) is 11.3 Å². The van der Waals surface area contributed by atoms with Gasteiger partial charge >= 0.3 is 0 Å². The number of anilines is 1. The van der Waals surface area contributed by atoms with E-state index in [9.17, 15) is 4.79 Å². The number of piperidine rings is 1. The van der Waals surface area contributed by atoms with Crippen LogP contribution in [0.5, 0.6) is 0 Å². The summed E-state index contributed by atoms with van der Waals surface area (Å²) in [6.07, 6.45) is 9.15. The number of carbonyl (C=O) groups is 1. The van der Waals surface area contributed by atoms with Gasteiger partial charge in [-0.15, -0.1) is 11.3 Å². The second kappa shape index (κ2) is 6.93. The molecule has 1 fully saturated rings. The van der Waals surface area contributed by atoms with Crippen LogP contribution in [0.25, 0.3) is 0 Å². The SMILES string of the molecule is Cc1c(NC(=O)CCC2CCNCC2)sc2c1CCCC2. The molecule has 116 valence electrons. The van der Waals surface area contributed by atoms with Gasteiger partial charge in [0.05, 0.1) is 5.00 Å². The zero-order chi connectivity index (χ0) is 14.7. The molecule has 3 nitrogen and oxygen atoms in total. The summed E-state index contributed by atoms with van der Waals surface area (Å²) in [4.78, 5) is 13.7. The largest absolute Gasteiger partial charge is 0.317 e. The Hall–Kier alpha value is -0.870. The normalized spacial score (nSPS) is 19.3. The van der Waals surface area contributed by atoms with E-state index in [4.69, 9.17) is 0 Å². The number of hydrogen-bond acceptors (Lipinski definition) is 3. The Balaban J connectivity index is 1.53. The molecule has 1 aromatic rings. The van der Waals surface area contributed by atoms with E-state index >= 15 is 0 Å². The van der Waals surface area contributed by atoms with E-state index in [1.807, 2.05) is 11.3 Å². The quantitative estimate of drug-likeness (QED) is 0.891. The van der Waals surface area contributed by atoms with Crippen molar-refractivity contribution in [2.45, 2.75) is 58.3 Å². The summed E-state index contributed by atoms with van der Waals surface area (Å²) >= 11 is 1.81. The van der Waals surface area contributed by atoms with Gasteiger partial charge in [0.2, 0.25) is 5.91 Å². The minimum atomic E-state index is 0.204. The van der Waals surface area contributed by atoms with Crippen molar-refractivity contribution in [1.82, 2.24) is 5.32 Å². The lowest BCUT2D eigenvalue weighted by Crippen LogP contribution is -2.28. The summed E-state index contributed by atoms with van der Waals surface area (Å²) in [7, 11) is 0. The van der Waals surface area contributed by atoms with Crippen molar-refractivity contribution in [3.63, 3.8) is 0 Å². The third kappa shape index (κ3) is 3.67. The van der Waals surface area contributed by atoms with Crippen LogP contribution in [0.3, 0.4) is 0 Å². The lowest BCUT2D eigenvalue weighted by molar-refractivity contribution is -0.116. The summed E-state index contributed by atoms with van der Waals surface area (Å²) in [6.45, 7) is 4.40. The van der Waals surface area contributed by atoms with Crippen LogP contribution in [-0.4, -0.2) is 19.0 Å². The topological polar surface area (TPSA) is 41.1 Å². The van der Waals surface area contributed by atoms with Crippen molar-refractivity contribution in [2.24, 2.45) is 5.92 Å². The summed E-state index contributed by atoms with van der Waals surface area (Å²) < 4.78 is 0. The highest BCUT2D eigenvalue weighted by Gasteiger charge is 2.20. The monoisotopic (exact) mass is 306 g/mol. The van der Waals surface area contributed by atoms with Crippen molar-refractivity contribution in [3.8, 4) is 0 Å². The first-order chi connectivity index (χ1) is 10.2. The highest BCUT2D eigenvalue weighted by atomic mass is 32.1. The molecule has 1 saturated heterocycles. The molecule has 0 spiro atoms. The molecule has 1 amide bonds. The number of fused-ring (bicyclic) bond motifs is 1. The average molecular weight is 306 g/mol. The van der Waals surface area contributed by atoms with Gasteiger partial charge in [-0.05, 0) is 82.0 Å². The number of hydrogen-bond donors (Lipinski definition) is 2. The van der Waals surface area contributed by atoms with Gasteiger partial charge < -0.3 is 10.6 Å². The summed E-state index contributed by atoms with van der Waals surface area (Å²) in [6, 6.07) is 0. The molecule has 2 heterocycles. The second-order valence-corrected chi connectivity index (χ2v) is 7.55. The van der Waals surface area contributed by atoms with Gasteiger partial charge in [0.15, 0.2) is 0 Å². The smallest absolute Gasteiger partial charge is 0.224 e. The van der Waals surface area contributed by atoms with Crippen LogP contribution >= 0.6 is 11.3 Å². The Morgan fingerprint density at radius 3 is 2.81 bits per heavy atom. The van der Waals surface area contributed by atoms with Crippen molar-refractivity contribution < 1.29 is 4.79 Å². The zero-order valence-corrected chi connectivity index (χ0v) is 13.8. The molecule has 2 aliphatic rings. The van der Waals surface area contributed by atoms with E-state index in [2.05, 4.69) is 17.6 Å². The van der Waals surface area contributed by atoms with E-state index in [1.54, 1.807) is 0 Å². The third-order valence-electron chi connectivity index (χ3n) is 4.93. The highest BCUT2D eigenvalue weighted by molar-refractivity contribution is 7.16. The average Bonchev–Trinajstić information content (AvgIpc) is 2.83. The van der Waals surface area contributed by atoms with E-state index in [1.165, 1.54) is 54.5 Å². The van der Waals surface area contributed by atoms with E-state index in [-0.39, 0.29) is 5.91 Å².